The highest BCUT2D eigenvalue weighted by Crippen LogP contribution is 2.36. The summed E-state index contributed by atoms with van der Waals surface area (Å²) >= 11 is 11.6. The van der Waals surface area contributed by atoms with E-state index in [1.54, 1.807) is 6.07 Å². The van der Waals surface area contributed by atoms with E-state index in [1.165, 1.54) is 18.2 Å². The fourth-order valence-corrected chi connectivity index (χ4v) is 2.48. The van der Waals surface area contributed by atoms with Crippen LogP contribution in [-0.2, 0) is 6.18 Å². The monoisotopic (exact) mass is 341 g/mol. The molecule has 0 amide bonds. The molecule has 1 aromatic carbocycles. The van der Waals surface area contributed by atoms with Gasteiger partial charge >= 0.3 is 12.1 Å². The molecule has 3 nitrogen and oxygen atoms in total. The molecule has 2 rings (SSSR count). The van der Waals surface area contributed by atoms with Crippen molar-refractivity contribution >= 4 is 40.5 Å². The van der Waals surface area contributed by atoms with Crippen molar-refractivity contribution in [3.8, 4) is 5.75 Å². The van der Waals surface area contributed by atoms with Gasteiger partial charge in [-0.25, -0.2) is 9.78 Å². The second kappa shape index (κ2) is 5.59. The summed E-state index contributed by atoms with van der Waals surface area (Å²) in [5.74, 6) is -1.26. The number of aromatic nitrogens is 1. The van der Waals surface area contributed by atoms with Crippen LogP contribution in [0.5, 0.6) is 5.75 Å². The summed E-state index contributed by atoms with van der Waals surface area (Å²) < 4.78 is 42.5. The third-order valence-electron chi connectivity index (χ3n) is 2.09. The van der Waals surface area contributed by atoms with Crippen molar-refractivity contribution in [2.24, 2.45) is 0 Å². The molecular formula is C11H4Cl2F3NO2S. The highest BCUT2D eigenvalue weighted by atomic mass is 35.5. The molecule has 0 spiro atoms. The van der Waals surface area contributed by atoms with Crippen LogP contribution in [0.3, 0.4) is 0 Å². The highest BCUT2D eigenvalue weighted by Gasteiger charge is 2.40. The quantitative estimate of drug-likeness (QED) is 0.587. The summed E-state index contributed by atoms with van der Waals surface area (Å²) in [6.07, 6.45) is -4.79. The van der Waals surface area contributed by atoms with Gasteiger partial charge in [0.2, 0.25) is 0 Å². The number of alkyl halides is 3. The number of ether oxygens (including phenoxy) is 1. The molecule has 0 atom stereocenters. The van der Waals surface area contributed by atoms with E-state index in [-0.39, 0.29) is 10.8 Å². The van der Waals surface area contributed by atoms with Crippen molar-refractivity contribution in [3.05, 3.63) is 44.3 Å². The molecular weight excluding hydrogens is 338 g/mol. The number of rotatable bonds is 2. The lowest BCUT2D eigenvalue weighted by Gasteiger charge is -2.07. The number of benzene rings is 1. The Bertz CT molecular complexity index is 657. The van der Waals surface area contributed by atoms with Gasteiger partial charge in [0.25, 0.3) is 0 Å². The van der Waals surface area contributed by atoms with Crippen LogP contribution in [0, 0.1) is 0 Å². The first kappa shape index (κ1) is 15.1. The van der Waals surface area contributed by atoms with Crippen LogP contribution in [0.25, 0.3) is 0 Å². The van der Waals surface area contributed by atoms with Crippen molar-refractivity contribution in [2.45, 2.75) is 6.18 Å². The number of carbonyl (C=O) groups excluding carboxylic acids is 1. The lowest BCUT2D eigenvalue weighted by molar-refractivity contribution is -0.141. The SMILES string of the molecule is O=C(Oc1ccccc1Cl)c1sc(Cl)nc1C(F)(F)F. The van der Waals surface area contributed by atoms with Crippen molar-refractivity contribution < 1.29 is 22.7 Å². The van der Waals surface area contributed by atoms with Crippen LogP contribution in [0.1, 0.15) is 15.4 Å². The molecule has 0 aliphatic rings. The number of para-hydroxylation sites is 1. The van der Waals surface area contributed by atoms with Crippen LogP contribution in [-0.4, -0.2) is 11.0 Å². The minimum absolute atomic E-state index is 0.0446. The number of thiazole rings is 1. The van der Waals surface area contributed by atoms with Gasteiger partial charge in [0.15, 0.2) is 10.2 Å². The smallest absolute Gasteiger partial charge is 0.421 e. The Morgan fingerprint density at radius 2 is 1.90 bits per heavy atom. The van der Waals surface area contributed by atoms with E-state index in [4.69, 9.17) is 27.9 Å². The summed E-state index contributed by atoms with van der Waals surface area (Å²) in [6.45, 7) is 0. The predicted molar refractivity (Wildman–Crippen MR) is 68.5 cm³/mol. The molecule has 0 unspecified atom stereocenters. The average molecular weight is 342 g/mol. The average Bonchev–Trinajstić information content (AvgIpc) is 2.74. The van der Waals surface area contributed by atoms with Gasteiger partial charge in [0, 0.05) is 0 Å². The molecule has 106 valence electrons. The number of carbonyl (C=O) groups is 1. The van der Waals surface area contributed by atoms with Gasteiger partial charge in [-0.3, -0.25) is 0 Å². The summed E-state index contributed by atoms with van der Waals surface area (Å²) in [6, 6.07) is 5.91. The predicted octanol–water partition coefficient (Wildman–Crippen LogP) is 4.69. The summed E-state index contributed by atoms with van der Waals surface area (Å²) in [5, 5.41) is 0.102. The number of nitrogens with zero attached hydrogens (tertiary/aromatic N) is 1. The zero-order chi connectivity index (χ0) is 14.9. The lowest BCUT2D eigenvalue weighted by Crippen LogP contribution is -2.15. The number of halogens is 5. The zero-order valence-corrected chi connectivity index (χ0v) is 11.7. The fraction of sp³-hybridized carbons (Fsp3) is 0.0909. The molecule has 0 saturated carbocycles. The Hall–Kier alpha value is -1.31. The Labute approximate surface area is 124 Å². The van der Waals surface area contributed by atoms with Gasteiger partial charge in [-0.05, 0) is 12.1 Å². The van der Waals surface area contributed by atoms with Gasteiger partial charge < -0.3 is 4.74 Å². The maximum atomic E-state index is 12.7. The Balaban J connectivity index is 2.33. The van der Waals surface area contributed by atoms with E-state index < -0.39 is 27.2 Å². The third kappa shape index (κ3) is 3.23. The lowest BCUT2D eigenvalue weighted by atomic mass is 10.3. The fourth-order valence-electron chi connectivity index (χ4n) is 1.30. The van der Waals surface area contributed by atoms with E-state index >= 15 is 0 Å². The summed E-state index contributed by atoms with van der Waals surface area (Å²) in [4.78, 5) is 14.2. The van der Waals surface area contributed by atoms with Crippen molar-refractivity contribution in [1.82, 2.24) is 4.98 Å². The molecule has 0 aliphatic carbocycles. The standard InChI is InChI=1S/C11H4Cl2F3NO2S/c12-5-3-1-2-4-6(5)19-9(18)7-8(11(14,15)16)17-10(13)20-7/h1-4H. The minimum Gasteiger partial charge on any atom is -0.421 e. The van der Waals surface area contributed by atoms with E-state index in [1.807, 2.05) is 0 Å². The van der Waals surface area contributed by atoms with E-state index in [9.17, 15) is 18.0 Å². The minimum atomic E-state index is -4.79. The van der Waals surface area contributed by atoms with Crippen LogP contribution < -0.4 is 4.74 Å². The zero-order valence-electron chi connectivity index (χ0n) is 9.37. The normalized spacial score (nSPS) is 11.4. The topological polar surface area (TPSA) is 39.2 Å². The Kier molecular flexibility index (Phi) is 4.22. The molecule has 1 heterocycles. The van der Waals surface area contributed by atoms with Crippen LogP contribution in [0.4, 0.5) is 13.2 Å². The van der Waals surface area contributed by atoms with Crippen molar-refractivity contribution in [1.29, 1.82) is 0 Å². The first-order chi connectivity index (χ1) is 9.29. The second-order valence-electron chi connectivity index (χ2n) is 3.46. The number of hydrogen-bond donors (Lipinski definition) is 0. The van der Waals surface area contributed by atoms with Gasteiger partial charge in [0.05, 0.1) is 5.02 Å². The molecule has 20 heavy (non-hydrogen) atoms. The van der Waals surface area contributed by atoms with Gasteiger partial charge in [-0.2, -0.15) is 13.2 Å². The molecule has 0 saturated heterocycles. The molecule has 0 N–H and O–H groups in total. The van der Waals surface area contributed by atoms with Gasteiger partial charge in [-0.1, -0.05) is 46.7 Å². The maximum absolute atomic E-state index is 12.7. The molecule has 0 bridgehead atoms. The second-order valence-corrected chi connectivity index (χ2v) is 5.45. The Morgan fingerprint density at radius 1 is 1.25 bits per heavy atom. The van der Waals surface area contributed by atoms with E-state index in [2.05, 4.69) is 4.98 Å². The summed E-state index contributed by atoms with van der Waals surface area (Å²) in [5.41, 5.74) is -1.37. The third-order valence-corrected chi connectivity index (χ3v) is 3.55. The molecule has 9 heteroatoms. The van der Waals surface area contributed by atoms with Gasteiger partial charge in [0.1, 0.15) is 10.6 Å². The van der Waals surface area contributed by atoms with E-state index in [0.717, 1.165) is 0 Å². The Morgan fingerprint density at radius 3 is 2.50 bits per heavy atom. The van der Waals surface area contributed by atoms with Crippen LogP contribution in [0.15, 0.2) is 24.3 Å². The highest BCUT2D eigenvalue weighted by molar-refractivity contribution is 7.17. The van der Waals surface area contributed by atoms with Crippen LogP contribution in [0.2, 0.25) is 9.49 Å². The van der Waals surface area contributed by atoms with Gasteiger partial charge in [-0.15, -0.1) is 0 Å². The molecule has 0 fully saturated rings. The first-order valence-electron chi connectivity index (χ1n) is 4.99. The van der Waals surface area contributed by atoms with Crippen molar-refractivity contribution in [3.63, 3.8) is 0 Å². The van der Waals surface area contributed by atoms with E-state index in [0.29, 0.717) is 11.3 Å². The number of hydrogen-bond acceptors (Lipinski definition) is 4. The molecule has 2 aromatic rings. The number of esters is 1. The maximum Gasteiger partial charge on any atom is 0.435 e. The molecule has 0 radical (unpaired) electrons. The first-order valence-corrected chi connectivity index (χ1v) is 6.56. The largest absolute Gasteiger partial charge is 0.435 e. The van der Waals surface area contributed by atoms with Crippen molar-refractivity contribution in [2.75, 3.05) is 0 Å². The summed E-state index contributed by atoms with van der Waals surface area (Å²) in [7, 11) is 0. The van der Waals surface area contributed by atoms with Crippen LogP contribution >= 0.6 is 34.5 Å². The molecule has 0 aliphatic heterocycles. The molecule has 1 aromatic heterocycles.